The van der Waals surface area contributed by atoms with E-state index < -0.39 is 0 Å². The zero-order chi connectivity index (χ0) is 13.2. The summed E-state index contributed by atoms with van der Waals surface area (Å²) in [4.78, 5) is 0. The maximum atomic E-state index is 4.34. The summed E-state index contributed by atoms with van der Waals surface area (Å²) >= 11 is 0. The van der Waals surface area contributed by atoms with E-state index in [2.05, 4.69) is 59.8 Å². The van der Waals surface area contributed by atoms with Crippen molar-refractivity contribution in [3.05, 3.63) is 60.3 Å². The second kappa shape index (κ2) is 4.76. The normalized spacial score (nSPS) is 12.5. The lowest BCUT2D eigenvalue weighted by atomic mass is 10.0. The lowest BCUT2D eigenvalue weighted by molar-refractivity contribution is 0.760. The first-order valence-electron chi connectivity index (χ1n) is 6.47. The van der Waals surface area contributed by atoms with Crippen molar-refractivity contribution in [2.45, 2.75) is 13.0 Å². The summed E-state index contributed by atoms with van der Waals surface area (Å²) in [5.41, 5.74) is 1.27. The molecule has 3 heteroatoms. The number of nitrogens with zero attached hydrogens (tertiary/aromatic N) is 2. The van der Waals surface area contributed by atoms with Crippen LogP contribution < -0.4 is 5.32 Å². The van der Waals surface area contributed by atoms with E-state index in [0.717, 1.165) is 5.82 Å². The first-order valence-corrected chi connectivity index (χ1v) is 6.47. The van der Waals surface area contributed by atoms with Gasteiger partial charge in [0.2, 0.25) is 0 Å². The third-order valence-corrected chi connectivity index (χ3v) is 3.35. The molecule has 0 saturated heterocycles. The van der Waals surface area contributed by atoms with Crippen molar-refractivity contribution in [3.8, 4) is 0 Å². The summed E-state index contributed by atoms with van der Waals surface area (Å²) in [7, 11) is 1.92. The van der Waals surface area contributed by atoms with Crippen LogP contribution in [0.2, 0.25) is 0 Å². The van der Waals surface area contributed by atoms with Gasteiger partial charge in [-0.05, 0) is 29.3 Å². The van der Waals surface area contributed by atoms with Gasteiger partial charge in [0.25, 0.3) is 0 Å². The van der Waals surface area contributed by atoms with Crippen LogP contribution in [0.3, 0.4) is 0 Å². The number of fused-ring (bicyclic) bond motifs is 1. The number of hydrogen-bond acceptors (Lipinski definition) is 2. The number of aromatic nitrogens is 2. The first kappa shape index (κ1) is 11.8. The Hall–Kier alpha value is -2.29. The highest BCUT2D eigenvalue weighted by atomic mass is 15.3. The molecule has 1 N–H and O–H groups in total. The highest BCUT2D eigenvalue weighted by molar-refractivity contribution is 5.83. The van der Waals surface area contributed by atoms with Crippen LogP contribution in [0, 0.1) is 0 Å². The predicted octanol–water partition coefficient (Wildman–Crippen LogP) is 3.75. The van der Waals surface area contributed by atoms with Crippen molar-refractivity contribution in [2.75, 3.05) is 5.32 Å². The molecule has 19 heavy (non-hydrogen) atoms. The number of benzene rings is 2. The fourth-order valence-electron chi connectivity index (χ4n) is 2.27. The number of nitrogens with one attached hydrogen (secondary N) is 1. The molecule has 1 heterocycles. The highest BCUT2D eigenvalue weighted by Gasteiger charge is 2.07. The Kier molecular flexibility index (Phi) is 2.95. The molecule has 3 aromatic rings. The molecule has 0 spiro atoms. The van der Waals surface area contributed by atoms with Crippen LogP contribution in [-0.4, -0.2) is 9.78 Å². The average molecular weight is 251 g/mol. The fraction of sp³-hybridized carbons (Fsp3) is 0.188. The zero-order valence-corrected chi connectivity index (χ0v) is 11.2. The van der Waals surface area contributed by atoms with Gasteiger partial charge in [-0.2, -0.15) is 5.10 Å². The number of aryl methyl sites for hydroxylation is 1. The number of anilines is 1. The van der Waals surface area contributed by atoms with Crippen LogP contribution in [0.25, 0.3) is 10.8 Å². The Morgan fingerprint density at radius 1 is 1.05 bits per heavy atom. The van der Waals surface area contributed by atoms with Crippen LogP contribution in [0.4, 0.5) is 5.82 Å². The van der Waals surface area contributed by atoms with Crippen LogP contribution in [0.5, 0.6) is 0 Å². The lowest BCUT2D eigenvalue weighted by Crippen LogP contribution is -2.07. The Balaban J connectivity index is 1.86. The molecule has 0 bridgehead atoms. The van der Waals surface area contributed by atoms with Gasteiger partial charge >= 0.3 is 0 Å². The summed E-state index contributed by atoms with van der Waals surface area (Å²) in [6, 6.07) is 17.2. The molecule has 2 aromatic carbocycles. The van der Waals surface area contributed by atoms with E-state index >= 15 is 0 Å². The summed E-state index contributed by atoms with van der Waals surface area (Å²) in [5, 5.41) is 10.3. The molecule has 0 saturated carbocycles. The summed E-state index contributed by atoms with van der Waals surface area (Å²) in [6.07, 6.45) is 1.94. The minimum Gasteiger partial charge on any atom is -0.362 e. The molecule has 96 valence electrons. The molecule has 0 radical (unpaired) electrons. The topological polar surface area (TPSA) is 29.9 Å². The summed E-state index contributed by atoms with van der Waals surface area (Å²) in [6.45, 7) is 2.15. The van der Waals surface area contributed by atoms with E-state index in [9.17, 15) is 0 Å². The van der Waals surface area contributed by atoms with Gasteiger partial charge in [-0.3, -0.25) is 4.68 Å². The standard InChI is InChI=1S/C16H17N3/c1-12(17-16-9-10-19(2)18-16)14-8-7-13-5-3-4-6-15(13)11-14/h3-12H,1-2H3,(H,17,18). The highest BCUT2D eigenvalue weighted by Crippen LogP contribution is 2.22. The molecule has 0 aliphatic heterocycles. The molecular weight excluding hydrogens is 234 g/mol. The largest absolute Gasteiger partial charge is 0.362 e. The van der Waals surface area contributed by atoms with E-state index in [1.807, 2.05) is 19.3 Å². The van der Waals surface area contributed by atoms with E-state index in [4.69, 9.17) is 0 Å². The molecule has 3 nitrogen and oxygen atoms in total. The maximum absolute atomic E-state index is 4.34. The van der Waals surface area contributed by atoms with Crippen molar-refractivity contribution < 1.29 is 0 Å². The Morgan fingerprint density at radius 3 is 2.58 bits per heavy atom. The number of hydrogen-bond donors (Lipinski definition) is 1. The third kappa shape index (κ3) is 2.45. The summed E-state index contributed by atoms with van der Waals surface area (Å²) < 4.78 is 1.80. The van der Waals surface area contributed by atoms with Crippen molar-refractivity contribution in [1.82, 2.24) is 9.78 Å². The van der Waals surface area contributed by atoms with Gasteiger partial charge < -0.3 is 5.32 Å². The van der Waals surface area contributed by atoms with Gasteiger partial charge in [0, 0.05) is 19.3 Å². The van der Waals surface area contributed by atoms with Crippen LogP contribution in [0.15, 0.2) is 54.7 Å². The SMILES string of the molecule is CC(Nc1ccn(C)n1)c1ccc2ccccc2c1. The second-order valence-corrected chi connectivity index (χ2v) is 4.85. The lowest BCUT2D eigenvalue weighted by Gasteiger charge is -2.14. The van der Waals surface area contributed by atoms with Gasteiger partial charge in [0.1, 0.15) is 5.82 Å². The average Bonchev–Trinajstić information content (AvgIpc) is 2.83. The Bertz CT molecular complexity index is 700. The van der Waals surface area contributed by atoms with Gasteiger partial charge in [-0.15, -0.1) is 0 Å². The van der Waals surface area contributed by atoms with Crippen LogP contribution in [0.1, 0.15) is 18.5 Å². The van der Waals surface area contributed by atoms with Crippen molar-refractivity contribution in [3.63, 3.8) is 0 Å². The Morgan fingerprint density at radius 2 is 1.84 bits per heavy atom. The molecule has 0 aliphatic rings. The molecule has 1 aromatic heterocycles. The molecule has 1 atom stereocenters. The minimum atomic E-state index is 0.236. The van der Waals surface area contributed by atoms with Crippen molar-refractivity contribution in [1.29, 1.82) is 0 Å². The van der Waals surface area contributed by atoms with E-state index in [1.165, 1.54) is 16.3 Å². The molecule has 3 rings (SSSR count). The molecule has 1 unspecified atom stereocenters. The van der Waals surface area contributed by atoms with E-state index in [0.29, 0.717) is 0 Å². The molecule has 0 aliphatic carbocycles. The number of rotatable bonds is 3. The summed E-state index contributed by atoms with van der Waals surface area (Å²) in [5.74, 6) is 0.906. The molecule has 0 amide bonds. The van der Waals surface area contributed by atoms with Gasteiger partial charge in [0.05, 0.1) is 6.04 Å². The van der Waals surface area contributed by atoms with Gasteiger partial charge in [-0.1, -0.05) is 36.4 Å². The molecular formula is C16H17N3. The van der Waals surface area contributed by atoms with Gasteiger partial charge in [-0.25, -0.2) is 0 Å². The van der Waals surface area contributed by atoms with Crippen molar-refractivity contribution >= 4 is 16.6 Å². The van der Waals surface area contributed by atoms with Crippen LogP contribution in [-0.2, 0) is 7.05 Å². The van der Waals surface area contributed by atoms with E-state index in [-0.39, 0.29) is 6.04 Å². The van der Waals surface area contributed by atoms with Gasteiger partial charge in [0.15, 0.2) is 0 Å². The minimum absolute atomic E-state index is 0.236. The Labute approximate surface area is 112 Å². The fourth-order valence-corrected chi connectivity index (χ4v) is 2.27. The van der Waals surface area contributed by atoms with Crippen molar-refractivity contribution in [2.24, 2.45) is 7.05 Å². The van der Waals surface area contributed by atoms with Crippen LogP contribution >= 0.6 is 0 Å². The quantitative estimate of drug-likeness (QED) is 0.768. The maximum Gasteiger partial charge on any atom is 0.148 e. The third-order valence-electron chi connectivity index (χ3n) is 3.35. The van der Waals surface area contributed by atoms with E-state index in [1.54, 1.807) is 4.68 Å². The molecule has 0 fully saturated rings. The first-order chi connectivity index (χ1) is 9.22. The zero-order valence-electron chi connectivity index (χ0n) is 11.2. The monoisotopic (exact) mass is 251 g/mol. The second-order valence-electron chi connectivity index (χ2n) is 4.85. The smallest absolute Gasteiger partial charge is 0.148 e. The predicted molar refractivity (Wildman–Crippen MR) is 79.2 cm³/mol.